The quantitative estimate of drug-likeness (QED) is 0.333. The molecule has 40 heavy (non-hydrogen) atoms. The van der Waals surface area contributed by atoms with Crippen molar-refractivity contribution in [2.45, 2.75) is 60.6 Å². The van der Waals surface area contributed by atoms with E-state index in [9.17, 15) is 21.9 Å². The lowest BCUT2D eigenvalue weighted by atomic mass is 9.88. The molecule has 2 saturated heterocycles. The van der Waals surface area contributed by atoms with Crippen LogP contribution >= 0.6 is 0 Å². The fourth-order valence-corrected chi connectivity index (χ4v) is 7.78. The van der Waals surface area contributed by atoms with Crippen molar-refractivity contribution < 1.29 is 36.2 Å². The van der Waals surface area contributed by atoms with E-state index in [1.165, 1.54) is 16.4 Å². The highest BCUT2D eigenvalue weighted by Crippen LogP contribution is 2.37. The summed E-state index contributed by atoms with van der Waals surface area (Å²) >= 11 is 0. The van der Waals surface area contributed by atoms with Gasteiger partial charge in [0.25, 0.3) is 0 Å². The van der Waals surface area contributed by atoms with Gasteiger partial charge in [-0.1, -0.05) is 13.0 Å². The van der Waals surface area contributed by atoms with E-state index in [0.29, 0.717) is 44.0 Å². The van der Waals surface area contributed by atoms with Crippen molar-refractivity contribution >= 4 is 20.0 Å². The Hall–Kier alpha value is -2.26. The van der Waals surface area contributed by atoms with Crippen LogP contribution in [0.2, 0.25) is 0 Å². The van der Waals surface area contributed by atoms with Crippen molar-refractivity contribution in [2.24, 2.45) is 0 Å². The molecule has 0 amide bonds. The summed E-state index contributed by atoms with van der Waals surface area (Å²) in [5, 5.41) is 13.8. The predicted octanol–water partition coefficient (Wildman–Crippen LogP) is 1.64. The Labute approximate surface area is 236 Å². The zero-order valence-corrected chi connectivity index (χ0v) is 24.8. The third-order valence-corrected chi connectivity index (χ3v) is 10.8. The Morgan fingerprint density at radius 1 is 1.12 bits per heavy atom. The Morgan fingerprint density at radius 3 is 2.55 bits per heavy atom. The molecule has 2 fully saturated rings. The van der Waals surface area contributed by atoms with Crippen molar-refractivity contribution in [3.8, 4) is 11.5 Å². The van der Waals surface area contributed by atoms with Crippen LogP contribution < -0.4 is 19.5 Å². The first-order chi connectivity index (χ1) is 19.0. The van der Waals surface area contributed by atoms with Crippen LogP contribution in [0.15, 0.2) is 52.3 Å². The number of ether oxygens (including phenoxy) is 3. The number of methoxy groups -OCH3 is 1. The maximum Gasteiger partial charge on any atom is 0.243 e. The summed E-state index contributed by atoms with van der Waals surface area (Å²) in [6.45, 7) is 5.30. The first kappa shape index (κ1) is 30.7. The second-order valence-corrected chi connectivity index (χ2v) is 14.0. The summed E-state index contributed by atoms with van der Waals surface area (Å²) < 4.78 is 71.8. The number of aliphatic hydroxyl groups excluding tert-OH is 1. The van der Waals surface area contributed by atoms with Crippen LogP contribution in [-0.2, 0) is 24.8 Å². The predicted molar refractivity (Wildman–Crippen MR) is 150 cm³/mol. The molecule has 1 unspecified atom stereocenters. The van der Waals surface area contributed by atoms with Crippen LogP contribution in [0.4, 0.5) is 0 Å². The molecule has 13 heteroatoms. The highest BCUT2D eigenvalue weighted by atomic mass is 32.2. The summed E-state index contributed by atoms with van der Waals surface area (Å²) in [5.74, 6) is 1.00. The Balaban J connectivity index is 1.23. The minimum atomic E-state index is -3.61. The molecule has 2 heterocycles. The Kier molecular flexibility index (Phi) is 9.76. The molecule has 2 atom stereocenters. The summed E-state index contributed by atoms with van der Waals surface area (Å²) in [5.41, 5.74) is 0.378. The van der Waals surface area contributed by atoms with Crippen LogP contribution in [0.25, 0.3) is 0 Å². The van der Waals surface area contributed by atoms with Gasteiger partial charge in [0.1, 0.15) is 24.2 Å². The third kappa shape index (κ3) is 7.14. The van der Waals surface area contributed by atoms with Gasteiger partial charge < -0.3 is 24.6 Å². The lowest BCUT2D eigenvalue weighted by Gasteiger charge is -2.38. The number of piperidine rings is 1. The van der Waals surface area contributed by atoms with Gasteiger partial charge in [0.15, 0.2) is 0 Å². The van der Waals surface area contributed by atoms with Crippen molar-refractivity contribution in [2.75, 3.05) is 46.5 Å². The number of sulfonamides is 2. The third-order valence-electron chi connectivity index (χ3n) is 7.38. The van der Waals surface area contributed by atoms with Gasteiger partial charge in [-0.15, -0.1) is 0 Å². The first-order valence-electron chi connectivity index (χ1n) is 13.4. The second kappa shape index (κ2) is 12.7. The first-order valence-corrected chi connectivity index (χ1v) is 16.3. The highest BCUT2D eigenvalue weighted by Gasteiger charge is 2.44. The zero-order chi connectivity index (χ0) is 29.0. The lowest BCUT2D eigenvalue weighted by molar-refractivity contribution is -0.0312. The number of nitrogens with one attached hydrogen (secondary N) is 2. The number of nitrogens with zero attached hydrogens (tertiary/aromatic N) is 1. The van der Waals surface area contributed by atoms with Crippen molar-refractivity contribution in [1.82, 2.24) is 14.3 Å². The topological polar surface area (TPSA) is 144 Å². The molecule has 0 bridgehead atoms. The largest absolute Gasteiger partial charge is 0.496 e. The van der Waals surface area contributed by atoms with E-state index in [4.69, 9.17) is 14.2 Å². The maximum absolute atomic E-state index is 13.2. The molecule has 222 valence electrons. The van der Waals surface area contributed by atoms with Crippen molar-refractivity contribution in [3.05, 3.63) is 48.0 Å². The molecule has 0 saturated carbocycles. The SMILES string of the molecule is CCNS(=O)(=O)c1cccc(OC[C@@H](O)CNC2COC3(CCN(S(=O)(=O)c4ccc(OC)c(C)c4)CC3)C2)c1. The Morgan fingerprint density at radius 2 is 1.88 bits per heavy atom. The Bertz CT molecular complexity index is 1380. The van der Waals surface area contributed by atoms with Gasteiger partial charge in [0.05, 0.1) is 29.1 Å². The normalized spacial score (nSPS) is 20.4. The molecule has 0 radical (unpaired) electrons. The van der Waals surface area contributed by atoms with Gasteiger partial charge in [-0.05, 0) is 62.1 Å². The summed E-state index contributed by atoms with van der Waals surface area (Å²) in [6.07, 6.45) is 1.10. The molecule has 0 aromatic heterocycles. The van der Waals surface area contributed by atoms with Crippen LogP contribution in [0.3, 0.4) is 0 Å². The number of aliphatic hydroxyl groups is 1. The number of benzene rings is 2. The van der Waals surface area contributed by atoms with E-state index >= 15 is 0 Å². The number of hydrogen-bond donors (Lipinski definition) is 3. The smallest absolute Gasteiger partial charge is 0.243 e. The fraction of sp³-hybridized carbons (Fsp3) is 0.556. The average molecular weight is 598 g/mol. The van der Waals surface area contributed by atoms with Crippen LogP contribution in [-0.4, -0.2) is 90.5 Å². The molecule has 4 rings (SSSR count). The number of rotatable bonds is 12. The minimum absolute atomic E-state index is 0.00587. The van der Waals surface area contributed by atoms with Crippen molar-refractivity contribution in [1.29, 1.82) is 0 Å². The van der Waals surface area contributed by atoms with Crippen LogP contribution in [0, 0.1) is 6.92 Å². The summed E-state index contributed by atoms with van der Waals surface area (Å²) in [6, 6.07) is 11.1. The van der Waals surface area contributed by atoms with Crippen LogP contribution in [0.5, 0.6) is 11.5 Å². The molecule has 1 spiro atoms. The standard InChI is InChI=1S/C27H39N3O8S2/c1-4-29-39(32,33)24-7-5-6-23(15-24)37-19-22(31)17-28-21-16-27(38-18-21)10-12-30(13-11-27)40(34,35)25-8-9-26(36-3)20(2)14-25/h5-9,14-15,21-22,28-29,31H,4,10-13,16-19H2,1-3H3/t21?,22-/m0/s1. The molecule has 2 aromatic carbocycles. The van der Waals surface area contributed by atoms with Gasteiger partial charge >= 0.3 is 0 Å². The van der Waals surface area contributed by atoms with Gasteiger partial charge in [-0.2, -0.15) is 4.31 Å². The van der Waals surface area contributed by atoms with E-state index < -0.39 is 26.2 Å². The highest BCUT2D eigenvalue weighted by molar-refractivity contribution is 7.89. The van der Waals surface area contributed by atoms with E-state index in [-0.39, 0.29) is 41.1 Å². The summed E-state index contributed by atoms with van der Waals surface area (Å²) in [4.78, 5) is 0.363. The molecular formula is C27H39N3O8S2. The molecule has 11 nitrogen and oxygen atoms in total. The molecular weight excluding hydrogens is 558 g/mol. The van der Waals surface area contributed by atoms with Gasteiger partial charge in [0, 0.05) is 38.3 Å². The number of aryl methyl sites for hydroxylation is 1. The van der Waals surface area contributed by atoms with Crippen LogP contribution in [0.1, 0.15) is 31.7 Å². The van der Waals surface area contributed by atoms with Gasteiger partial charge in [0.2, 0.25) is 20.0 Å². The summed E-state index contributed by atoms with van der Waals surface area (Å²) in [7, 11) is -5.65. The fourth-order valence-electron chi connectivity index (χ4n) is 5.18. The van der Waals surface area contributed by atoms with E-state index in [2.05, 4.69) is 10.0 Å². The number of hydrogen-bond acceptors (Lipinski definition) is 9. The lowest BCUT2D eigenvalue weighted by Crippen LogP contribution is -2.47. The van der Waals surface area contributed by atoms with Gasteiger partial charge in [-0.3, -0.25) is 0 Å². The molecule has 3 N–H and O–H groups in total. The maximum atomic E-state index is 13.2. The molecule has 2 aliphatic rings. The van der Waals surface area contributed by atoms with E-state index in [0.717, 1.165) is 12.0 Å². The average Bonchev–Trinajstić information content (AvgIpc) is 3.33. The molecule has 2 aromatic rings. The van der Waals surface area contributed by atoms with Gasteiger partial charge in [-0.25, -0.2) is 21.6 Å². The molecule has 0 aliphatic carbocycles. The minimum Gasteiger partial charge on any atom is -0.496 e. The van der Waals surface area contributed by atoms with Crippen molar-refractivity contribution in [3.63, 3.8) is 0 Å². The second-order valence-electron chi connectivity index (χ2n) is 10.3. The zero-order valence-electron chi connectivity index (χ0n) is 23.1. The molecule has 2 aliphatic heterocycles. The van der Waals surface area contributed by atoms with E-state index in [1.54, 1.807) is 44.4 Å². The van der Waals surface area contributed by atoms with E-state index in [1.807, 2.05) is 6.92 Å². The monoisotopic (exact) mass is 597 g/mol.